The molecule has 6 heteroatoms. The number of hydrogen-bond donors (Lipinski definition) is 3. The molecule has 126 valence electrons. The van der Waals surface area contributed by atoms with Gasteiger partial charge in [-0.3, -0.25) is 4.79 Å². The summed E-state index contributed by atoms with van der Waals surface area (Å²) >= 11 is 1.69. The zero-order valence-electron chi connectivity index (χ0n) is 13.3. The molecule has 0 saturated heterocycles. The number of urea groups is 1. The van der Waals surface area contributed by atoms with Crippen LogP contribution in [0.1, 0.15) is 47.0 Å². The SMILES string of the molecule is NC(=O)Nc1ccc(C(=O)N[C@H](c2cccs2)C2CCCC2)cc1. The second-order valence-corrected chi connectivity index (χ2v) is 7.06. The van der Waals surface area contributed by atoms with Crippen molar-refractivity contribution in [3.63, 3.8) is 0 Å². The topological polar surface area (TPSA) is 84.2 Å². The van der Waals surface area contributed by atoms with E-state index in [1.165, 1.54) is 17.7 Å². The lowest BCUT2D eigenvalue weighted by Crippen LogP contribution is -2.32. The Morgan fingerprint density at radius 2 is 1.83 bits per heavy atom. The molecule has 0 aliphatic heterocycles. The number of hydrogen-bond acceptors (Lipinski definition) is 3. The fourth-order valence-corrected chi connectivity index (χ4v) is 4.12. The van der Waals surface area contributed by atoms with Crippen LogP contribution in [0.5, 0.6) is 0 Å². The first-order valence-corrected chi connectivity index (χ1v) is 9.02. The maximum absolute atomic E-state index is 12.6. The number of thiophene rings is 1. The van der Waals surface area contributed by atoms with Gasteiger partial charge in [0, 0.05) is 16.1 Å². The van der Waals surface area contributed by atoms with E-state index in [-0.39, 0.29) is 11.9 Å². The predicted molar refractivity (Wildman–Crippen MR) is 96.1 cm³/mol. The molecule has 3 rings (SSSR count). The molecular formula is C18H21N3O2S. The summed E-state index contributed by atoms with van der Waals surface area (Å²) < 4.78 is 0. The molecule has 4 N–H and O–H groups in total. The Kier molecular flexibility index (Phi) is 5.15. The number of primary amides is 1. The highest BCUT2D eigenvalue weighted by Crippen LogP contribution is 2.37. The standard InChI is InChI=1S/C18H21N3O2S/c19-18(23)20-14-9-7-13(8-10-14)17(22)21-16(12-4-1-2-5-12)15-6-3-11-24-15/h3,6-12,16H,1-2,4-5H2,(H,21,22)(H3,19,20,23)/t16-/m0/s1. The predicted octanol–water partition coefficient (Wildman–Crippen LogP) is 3.90. The summed E-state index contributed by atoms with van der Waals surface area (Å²) in [6.45, 7) is 0. The first kappa shape index (κ1) is 16.5. The van der Waals surface area contributed by atoms with Crippen LogP contribution in [-0.2, 0) is 0 Å². The second-order valence-electron chi connectivity index (χ2n) is 6.08. The number of nitrogens with two attached hydrogens (primary N) is 1. The molecule has 0 radical (unpaired) electrons. The second kappa shape index (κ2) is 7.49. The number of anilines is 1. The third-order valence-electron chi connectivity index (χ3n) is 4.42. The van der Waals surface area contributed by atoms with Crippen molar-refractivity contribution in [3.05, 3.63) is 52.2 Å². The smallest absolute Gasteiger partial charge is 0.316 e. The summed E-state index contributed by atoms with van der Waals surface area (Å²) in [5.41, 5.74) is 6.23. The van der Waals surface area contributed by atoms with Crippen LogP contribution in [0.25, 0.3) is 0 Å². The number of benzene rings is 1. The van der Waals surface area contributed by atoms with E-state index >= 15 is 0 Å². The van der Waals surface area contributed by atoms with Crippen molar-refractivity contribution < 1.29 is 9.59 Å². The Hall–Kier alpha value is -2.34. The number of rotatable bonds is 5. The highest BCUT2D eigenvalue weighted by molar-refractivity contribution is 7.10. The number of nitrogens with one attached hydrogen (secondary N) is 2. The van der Waals surface area contributed by atoms with Crippen LogP contribution in [-0.4, -0.2) is 11.9 Å². The molecule has 1 saturated carbocycles. The van der Waals surface area contributed by atoms with Crippen LogP contribution in [0, 0.1) is 5.92 Å². The minimum atomic E-state index is -0.619. The molecule has 2 aromatic rings. The third kappa shape index (κ3) is 3.94. The molecule has 0 unspecified atom stereocenters. The van der Waals surface area contributed by atoms with Gasteiger partial charge in [0.25, 0.3) is 5.91 Å². The average molecular weight is 343 g/mol. The normalized spacial score (nSPS) is 15.8. The summed E-state index contributed by atoms with van der Waals surface area (Å²) in [4.78, 5) is 24.7. The fraction of sp³-hybridized carbons (Fsp3) is 0.333. The monoisotopic (exact) mass is 343 g/mol. The van der Waals surface area contributed by atoms with Crippen LogP contribution >= 0.6 is 11.3 Å². The van der Waals surface area contributed by atoms with Crippen molar-refractivity contribution in [2.45, 2.75) is 31.7 Å². The maximum atomic E-state index is 12.6. The lowest BCUT2D eigenvalue weighted by atomic mass is 9.96. The lowest BCUT2D eigenvalue weighted by molar-refractivity contribution is 0.0923. The molecular weight excluding hydrogens is 322 g/mol. The summed E-state index contributed by atoms with van der Waals surface area (Å²) in [5.74, 6) is 0.411. The molecule has 1 aromatic carbocycles. The van der Waals surface area contributed by atoms with E-state index in [0.29, 0.717) is 17.2 Å². The summed E-state index contributed by atoms with van der Waals surface area (Å²) in [6.07, 6.45) is 4.78. The van der Waals surface area contributed by atoms with Crippen LogP contribution in [0.3, 0.4) is 0 Å². The van der Waals surface area contributed by atoms with E-state index in [9.17, 15) is 9.59 Å². The average Bonchev–Trinajstić information content (AvgIpc) is 3.26. The van der Waals surface area contributed by atoms with E-state index in [0.717, 1.165) is 12.8 Å². The van der Waals surface area contributed by atoms with Gasteiger partial charge in [-0.1, -0.05) is 18.9 Å². The van der Waals surface area contributed by atoms with Crippen molar-refractivity contribution in [1.82, 2.24) is 5.32 Å². The van der Waals surface area contributed by atoms with Gasteiger partial charge in [0.2, 0.25) is 0 Å². The quantitative estimate of drug-likeness (QED) is 0.769. The van der Waals surface area contributed by atoms with Gasteiger partial charge >= 0.3 is 6.03 Å². The van der Waals surface area contributed by atoms with Gasteiger partial charge in [0.05, 0.1) is 6.04 Å². The van der Waals surface area contributed by atoms with E-state index in [2.05, 4.69) is 16.7 Å². The van der Waals surface area contributed by atoms with Crippen molar-refractivity contribution in [2.24, 2.45) is 11.7 Å². The van der Waals surface area contributed by atoms with Crippen LogP contribution in [0.4, 0.5) is 10.5 Å². The summed E-state index contributed by atoms with van der Waals surface area (Å²) in [6, 6.07) is 10.3. The highest BCUT2D eigenvalue weighted by Gasteiger charge is 2.28. The largest absolute Gasteiger partial charge is 0.351 e. The molecule has 0 bridgehead atoms. The van der Waals surface area contributed by atoms with E-state index in [1.807, 2.05) is 11.4 Å². The minimum Gasteiger partial charge on any atom is -0.351 e. The van der Waals surface area contributed by atoms with Gasteiger partial charge in [-0.05, 0) is 54.5 Å². The van der Waals surface area contributed by atoms with E-state index in [4.69, 9.17) is 5.73 Å². The maximum Gasteiger partial charge on any atom is 0.316 e. The first-order valence-electron chi connectivity index (χ1n) is 8.14. The van der Waals surface area contributed by atoms with Gasteiger partial charge in [0.15, 0.2) is 0 Å². The van der Waals surface area contributed by atoms with Gasteiger partial charge in [-0.15, -0.1) is 11.3 Å². The summed E-state index contributed by atoms with van der Waals surface area (Å²) in [5, 5.41) is 7.73. The molecule has 1 aromatic heterocycles. The van der Waals surface area contributed by atoms with Crippen LogP contribution in [0.2, 0.25) is 0 Å². The van der Waals surface area contributed by atoms with E-state index in [1.54, 1.807) is 35.6 Å². The van der Waals surface area contributed by atoms with Gasteiger partial charge in [0.1, 0.15) is 0 Å². The Balaban J connectivity index is 1.72. The molecule has 0 spiro atoms. The minimum absolute atomic E-state index is 0.0726. The Bertz CT molecular complexity index is 692. The van der Waals surface area contributed by atoms with Crippen LogP contribution in [0.15, 0.2) is 41.8 Å². The van der Waals surface area contributed by atoms with Gasteiger partial charge in [-0.25, -0.2) is 4.79 Å². The van der Waals surface area contributed by atoms with Crippen molar-refractivity contribution in [3.8, 4) is 0 Å². The van der Waals surface area contributed by atoms with Crippen molar-refractivity contribution in [1.29, 1.82) is 0 Å². The van der Waals surface area contributed by atoms with Gasteiger partial charge < -0.3 is 16.4 Å². The summed E-state index contributed by atoms with van der Waals surface area (Å²) in [7, 11) is 0. The zero-order valence-corrected chi connectivity index (χ0v) is 14.1. The number of amides is 3. The molecule has 3 amide bonds. The third-order valence-corrected chi connectivity index (χ3v) is 5.38. The molecule has 1 atom stereocenters. The number of carbonyl (C=O) groups is 2. The Morgan fingerprint density at radius 1 is 1.12 bits per heavy atom. The molecule has 1 aliphatic carbocycles. The molecule has 5 nitrogen and oxygen atoms in total. The van der Waals surface area contributed by atoms with Crippen molar-refractivity contribution in [2.75, 3.05) is 5.32 Å². The molecule has 1 heterocycles. The first-order chi connectivity index (χ1) is 11.6. The molecule has 1 aliphatic rings. The molecule has 1 fully saturated rings. The zero-order chi connectivity index (χ0) is 16.9. The molecule has 24 heavy (non-hydrogen) atoms. The van der Waals surface area contributed by atoms with Crippen molar-refractivity contribution >= 4 is 29.0 Å². The number of carbonyl (C=O) groups excluding carboxylic acids is 2. The Morgan fingerprint density at radius 3 is 2.42 bits per heavy atom. The van der Waals surface area contributed by atoms with E-state index < -0.39 is 6.03 Å². The lowest BCUT2D eigenvalue weighted by Gasteiger charge is -2.24. The highest BCUT2D eigenvalue weighted by atomic mass is 32.1. The van der Waals surface area contributed by atoms with Crippen LogP contribution < -0.4 is 16.4 Å². The Labute approximate surface area is 145 Å². The fourth-order valence-electron chi connectivity index (χ4n) is 3.25. The van der Waals surface area contributed by atoms with Gasteiger partial charge in [-0.2, -0.15) is 0 Å².